The second kappa shape index (κ2) is 14.7. The highest BCUT2D eigenvalue weighted by Gasteiger charge is 2.59. The molecule has 9 nitrogen and oxygen atoms in total. The quantitative estimate of drug-likeness (QED) is 0.102. The van der Waals surface area contributed by atoms with Crippen molar-refractivity contribution in [2.75, 3.05) is 0 Å². The fourth-order valence-electron chi connectivity index (χ4n) is 4.90. The van der Waals surface area contributed by atoms with Crippen LogP contribution in [0.3, 0.4) is 0 Å². The number of ketones is 1. The van der Waals surface area contributed by atoms with Gasteiger partial charge in [0.2, 0.25) is 0 Å². The Balaban J connectivity index is 2.28. The van der Waals surface area contributed by atoms with Crippen LogP contribution in [0.15, 0.2) is 54.6 Å². The van der Waals surface area contributed by atoms with Crippen molar-refractivity contribution in [1.29, 1.82) is 0 Å². The number of esters is 1. The molecule has 1 aromatic rings. The summed E-state index contributed by atoms with van der Waals surface area (Å²) < 4.78 is 5.36. The molecule has 0 saturated heterocycles. The Hall–Kier alpha value is -3.30. The minimum atomic E-state index is -3.62. The first-order valence-electron chi connectivity index (χ1n) is 13.5. The Labute approximate surface area is 229 Å². The number of aliphatic carboxylic acids is 2. The second-order valence-electron chi connectivity index (χ2n) is 10.3. The molecular weight excluding hydrogens is 504 g/mol. The highest BCUT2D eigenvalue weighted by molar-refractivity contribution is 5.90. The number of Topliss-reactive ketones (excluding diaryl/α,β-unsaturated/α-hetero) is 1. The number of carbonyl (C=O) groups is 4. The summed E-state index contributed by atoms with van der Waals surface area (Å²) in [6, 6.07) is 7.51. The van der Waals surface area contributed by atoms with E-state index in [0.717, 1.165) is 32.6 Å². The normalized spacial score (nSPS) is 20.3. The van der Waals surface area contributed by atoms with E-state index in [1.54, 1.807) is 18.2 Å². The number of ether oxygens (including phenoxy) is 1. The Morgan fingerprint density at radius 1 is 1.08 bits per heavy atom. The molecule has 0 bridgehead atoms. The summed E-state index contributed by atoms with van der Waals surface area (Å²) in [6.07, 6.45) is 13.1. The molecular formula is C30H40O9. The van der Waals surface area contributed by atoms with Crippen molar-refractivity contribution in [3.05, 3.63) is 60.2 Å². The van der Waals surface area contributed by atoms with E-state index in [2.05, 4.69) is 19.1 Å². The SMILES string of the molecule is CCCCCC/C=C/[C@H]1CCC(=O)[C@@H]1C/C=C\C(CC(=O)O)C(C)(OC(=O)c1ccccc1)C(O)(O)C(=O)O. The van der Waals surface area contributed by atoms with E-state index >= 15 is 0 Å². The highest BCUT2D eigenvalue weighted by atomic mass is 16.6. The maximum absolute atomic E-state index is 12.8. The number of carboxylic acids is 2. The van der Waals surface area contributed by atoms with Gasteiger partial charge in [0.25, 0.3) is 0 Å². The zero-order valence-electron chi connectivity index (χ0n) is 22.6. The number of carboxylic acid groups (broad SMARTS) is 2. The molecule has 0 heterocycles. The number of hydrogen-bond donors (Lipinski definition) is 4. The van der Waals surface area contributed by atoms with E-state index in [1.807, 2.05) is 0 Å². The summed E-state index contributed by atoms with van der Waals surface area (Å²) >= 11 is 0. The van der Waals surface area contributed by atoms with Gasteiger partial charge >= 0.3 is 23.7 Å². The summed E-state index contributed by atoms with van der Waals surface area (Å²) in [5, 5.41) is 40.2. The molecule has 39 heavy (non-hydrogen) atoms. The van der Waals surface area contributed by atoms with Gasteiger partial charge in [-0.1, -0.05) is 68.7 Å². The fourth-order valence-corrected chi connectivity index (χ4v) is 4.90. The van der Waals surface area contributed by atoms with Crippen LogP contribution in [0.2, 0.25) is 0 Å². The minimum absolute atomic E-state index is 0.0174. The van der Waals surface area contributed by atoms with Gasteiger partial charge in [-0.3, -0.25) is 9.59 Å². The standard InChI is InChI=1S/C30H40O9/c1-3-4-5-6-7-9-13-21-18-19-25(31)24(21)17-12-16-23(20-26(32)33)29(2,30(37,38)28(35)36)39-27(34)22-14-10-8-11-15-22/h8-16,21,23-24,37-38H,3-7,17-20H2,1-2H3,(H,32,33)(H,35,36)/b13-9+,16-12-/t21-,23?,24+,29?/m0/s1. The largest absolute Gasteiger partial charge is 0.481 e. The van der Waals surface area contributed by atoms with E-state index in [9.17, 15) is 39.6 Å². The van der Waals surface area contributed by atoms with Crippen LogP contribution in [-0.2, 0) is 19.1 Å². The Morgan fingerprint density at radius 3 is 2.38 bits per heavy atom. The smallest absolute Gasteiger partial charge is 0.368 e. The van der Waals surface area contributed by atoms with Crippen molar-refractivity contribution in [3.8, 4) is 0 Å². The van der Waals surface area contributed by atoms with Crippen LogP contribution in [0.25, 0.3) is 0 Å². The molecule has 0 aliphatic heterocycles. The third-order valence-electron chi connectivity index (χ3n) is 7.43. The van der Waals surface area contributed by atoms with Crippen molar-refractivity contribution in [1.82, 2.24) is 0 Å². The number of rotatable bonds is 16. The van der Waals surface area contributed by atoms with E-state index in [0.29, 0.717) is 12.8 Å². The lowest BCUT2D eigenvalue weighted by Gasteiger charge is -2.41. The highest BCUT2D eigenvalue weighted by Crippen LogP contribution is 2.38. The molecule has 0 radical (unpaired) electrons. The molecule has 1 saturated carbocycles. The van der Waals surface area contributed by atoms with Gasteiger partial charge in [-0.05, 0) is 50.7 Å². The Bertz CT molecular complexity index is 1040. The van der Waals surface area contributed by atoms with Crippen molar-refractivity contribution in [2.24, 2.45) is 17.8 Å². The van der Waals surface area contributed by atoms with E-state index < -0.39 is 41.6 Å². The Kier molecular flexibility index (Phi) is 12.1. The van der Waals surface area contributed by atoms with Gasteiger partial charge in [0.1, 0.15) is 5.78 Å². The van der Waals surface area contributed by atoms with Gasteiger partial charge in [-0.25, -0.2) is 9.59 Å². The lowest BCUT2D eigenvalue weighted by molar-refractivity contribution is -0.275. The van der Waals surface area contributed by atoms with Crippen LogP contribution >= 0.6 is 0 Å². The molecule has 4 N–H and O–H groups in total. The van der Waals surface area contributed by atoms with Crippen LogP contribution in [0, 0.1) is 17.8 Å². The van der Waals surface area contributed by atoms with Crippen molar-refractivity contribution >= 4 is 23.7 Å². The summed E-state index contributed by atoms with van der Waals surface area (Å²) in [5.41, 5.74) is -2.57. The molecule has 0 amide bonds. The molecule has 0 aromatic heterocycles. The number of carbonyl (C=O) groups excluding carboxylic acids is 2. The maximum Gasteiger partial charge on any atom is 0.368 e. The van der Waals surface area contributed by atoms with Crippen LogP contribution in [0.1, 0.15) is 82.0 Å². The van der Waals surface area contributed by atoms with Gasteiger partial charge < -0.3 is 25.2 Å². The number of unbranched alkanes of at least 4 members (excludes halogenated alkanes) is 4. The molecule has 2 unspecified atom stereocenters. The van der Waals surface area contributed by atoms with Gasteiger partial charge in [-0.2, -0.15) is 0 Å². The Morgan fingerprint density at radius 2 is 1.77 bits per heavy atom. The fraction of sp³-hybridized carbons (Fsp3) is 0.533. The zero-order valence-corrected chi connectivity index (χ0v) is 22.6. The number of allylic oxidation sites excluding steroid dienone is 3. The first-order chi connectivity index (χ1) is 18.4. The van der Waals surface area contributed by atoms with Crippen molar-refractivity contribution < 1.29 is 44.3 Å². The van der Waals surface area contributed by atoms with Gasteiger partial charge in [0, 0.05) is 18.3 Å². The van der Waals surface area contributed by atoms with Crippen LogP contribution in [0.5, 0.6) is 0 Å². The average Bonchev–Trinajstić information content (AvgIpc) is 3.24. The van der Waals surface area contributed by atoms with Crippen LogP contribution in [-0.4, -0.2) is 55.5 Å². The number of aliphatic hydroxyl groups is 2. The first kappa shape index (κ1) is 31.9. The molecule has 1 aliphatic carbocycles. The molecule has 214 valence electrons. The lowest BCUT2D eigenvalue weighted by atomic mass is 9.78. The van der Waals surface area contributed by atoms with E-state index in [4.69, 9.17) is 4.74 Å². The lowest BCUT2D eigenvalue weighted by Crippen LogP contribution is -2.63. The third kappa shape index (κ3) is 8.60. The topological polar surface area (TPSA) is 158 Å². The van der Waals surface area contributed by atoms with Gasteiger partial charge in [0.15, 0.2) is 5.60 Å². The molecule has 9 heteroatoms. The predicted octanol–water partition coefficient (Wildman–Crippen LogP) is 4.53. The summed E-state index contributed by atoms with van der Waals surface area (Å²) in [7, 11) is 0. The monoisotopic (exact) mass is 544 g/mol. The third-order valence-corrected chi connectivity index (χ3v) is 7.43. The minimum Gasteiger partial charge on any atom is -0.481 e. The maximum atomic E-state index is 12.8. The number of benzene rings is 1. The summed E-state index contributed by atoms with van der Waals surface area (Å²) in [4.78, 5) is 48.9. The summed E-state index contributed by atoms with van der Waals surface area (Å²) in [5.74, 6) is -9.81. The van der Waals surface area contributed by atoms with Gasteiger partial charge in [-0.15, -0.1) is 0 Å². The molecule has 1 aromatic carbocycles. The summed E-state index contributed by atoms with van der Waals surface area (Å²) in [6.45, 7) is 3.13. The number of hydrogen-bond acceptors (Lipinski definition) is 7. The molecule has 2 rings (SSSR count). The van der Waals surface area contributed by atoms with Crippen LogP contribution in [0.4, 0.5) is 0 Å². The van der Waals surface area contributed by atoms with Crippen molar-refractivity contribution in [2.45, 2.75) is 83.0 Å². The molecule has 1 aliphatic rings. The van der Waals surface area contributed by atoms with E-state index in [1.165, 1.54) is 30.7 Å². The zero-order chi connectivity index (χ0) is 29.1. The van der Waals surface area contributed by atoms with Gasteiger partial charge in [0.05, 0.1) is 12.0 Å². The predicted molar refractivity (Wildman–Crippen MR) is 144 cm³/mol. The second-order valence-corrected chi connectivity index (χ2v) is 10.3. The average molecular weight is 545 g/mol. The van der Waals surface area contributed by atoms with E-state index in [-0.39, 0.29) is 29.6 Å². The molecule has 4 atom stereocenters. The molecule has 1 fully saturated rings. The van der Waals surface area contributed by atoms with Crippen LogP contribution < -0.4 is 0 Å². The first-order valence-corrected chi connectivity index (χ1v) is 13.5. The molecule has 0 spiro atoms. The van der Waals surface area contributed by atoms with Crippen molar-refractivity contribution in [3.63, 3.8) is 0 Å².